The second-order valence-corrected chi connectivity index (χ2v) is 4.90. The molecule has 5 nitrogen and oxygen atoms in total. The number of hydrogen-bond acceptors (Lipinski definition) is 3. The fourth-order valence-electron chi connectivity index (χ4n) is 2.36. The Morgan fingerprint density at radius 2 is 2.05 bits per heavy atom. The summed E-state index contributed by atoms with van der Waals surface area (Å²) in [6.45, 7) is 1.01. The zero-order chi connectivity index (χ0) is 13.8. The first-order valence-corrected chi connectivity index (χ1v) is 6.86. The van der Waals surface area contributed by atoms with Gasteiger partial charge in [-0.1, -0.05) is 18.2 Å². The monoisotopic (exact) mass is 273 g/mol. The Labute approximate surface area is 118 Å². The molecule has 0 fully saturated rings. The fourth-order valence-corrected chi connectivity index (χ4v) is 2.36. The van der Waals surface area contributed by atoms with Crippen molar-refractivity contribution < 1.29 is 9.47 Å². The molecule has 0 atom stereocenters. The lowest BCUT2D eigenvalue weighted by molar-refractivity contribution is 0.174. The van der Waals surface area contributed by atoms with E-state index in [1.807, 2.05) is 18.2 Å². The van der Waals surface area contributed by atoms with Crippen molar-refractivity contribution in [3.63, 3.8) is 0 Å². The van der Waals surface area contributed by atoms with Crippen LogP contribution >= 0.6 is 0 Å². The number of nitrogens with one attached hydrogen (secondary N) is 2. The highest BCUT2D eigenvalue weighted by atomic mass is 16.7. The van der Waals surface area contributed by atoms with Crippen LogP contribution in [0.3, 0.4) is 0 Å². The molecule has 0 unspecified atom stereocenters. The summed E-state index contributed by atoms with van der Waals surface area (Å²) in [5.41, 5.74) is 1.14. The molecule has 1 aliphatic carbocycles. The van der Waals surface area contributed by atoms with Crippen molar-refractivity contribution in [2.45, 2.75) is 25.4 Å². The van der Waals surface area contributed by atoms with Crippen LogP contribution in [0.15, 0.2) is 35.3 Å². The molecule has 0 amide bonds. The normalized spacial score (nSPS) is 17.6. The molecule has 2 N–H and O–H groups in total. The van der Waals surface area contributed by atoms with E-state index in [4.69, 9.17) is 9.47 Å². The molecule has 1 aromatic rings. The highest BCUT2D eigenvalue weighted by Crippen LogP contribution is 2.32. The van der Waals surface area contributed by atoms with E-state index < -0.39 is 0 Å². The van der Waals surface area contributed by atoms with Crippen LogP contribution in [-0.2, 0) is 6.54 Å². The summed E-state index contributed by atoms with van der Waals surface area (Å²) >= 11 is 0. The van der Waals surface area contributed by atoms with Crippen LogP contribution in [0.1, 0.15) is 18.4 Å². The number of guanidine groups is 1. The predicted octanol–water partition coefficient (Wildman–Crippen LogP) is 1.80. The first kappa shape index (κ1) is 12.8. The smallest absolute Gasteiger partial charge is 0.231 e. The molecule has 0 aromatic heterocycles. The molecule has 0 bridgehead atoms. The Balaban J connectivity index is 1.55. The van der Waals surface area contributed by atoms with E-state index in [-0.39, 0.29) is 0 Å². The van der Waals surface area contributed by atoms with Crippen LogP contribution < -0.4 is 20.1 Å². The Morgan fingerprint density at radius 3 is 2.85 bits per heavy atom. The number of nitrogens with zero attached hydrogens (tertiary/aromatic N) is 1. The van der Waals surface area contributed by atoms with Crippen LogP contribution in [0.2, 0.25) is 0 Å². The minimum absolute atomic E-state index is 0.310. The van der Waals surface area contributed by atoms with Crippen molar-refractivity contribution in [3.8, 4) is 11.5 Å². The Morgan fingerprint density at radius 1 is 1.25 bits per heavy atom. The van der Waals surface area contributed by atoms with Gasteiger partial charge >= 0.3 is 0 Å². The van der Waals surface area contributed by atoms with Gasteiger partial charge in [0.05, 0.1) is 0 Å². The molecule has 106 valence electrons. The van der Waals surface area contributed by atoms with Gasteiger partial charge in [0.1, 0.15) is 0 Å². The van der Waals surface area contributed by atoms with E-state index in [1.165, 1.54) is 0 Å². The number of rotatable bonds is 3. The summed E-state index contributed by atoms with van der Waals surface area (Å²) in [6, 6.07) is 6.43. The Hall–Kier alpha value is -2.17. The summed E-state index contributed by atoms with van der Waals surface area (Å²) in [6.07, 6.45) is 6.51. The Bertz CT molecular complexity index is 532. The van der Waals surface area contributed by atoms with Crippen molar-refractivity contribution in [1.29, 1.82) is 0 Å². The van der Waals surface area contributed by atoms with Crippen molar-refractivity contribution in [3.05, 3.63) is 35.9 Å². The van der Waals surface area contributed by atoms with Crippen LogP contribution in [0.5, 0.6) is 11.5 Å². The third-order valence-electron chi connectivity index (χ3n) is 3.47. The third-order valence-corrected chi connectivity index (χ3v) is 3.47. The quantitative estimate of drug-likeness (QED) is 0.501. The zero-order valence-electron chi connectivity index (χ0n) is 11.6. The molecule has 3 rings (SSSR count). The van der Waals surface area contributed by atoms with Crippen molar-refractivity contribution in [1.82, 2.24) is 10.6 Å². The largest absolute Gasteiger partial charge is 0.454 e. The maximum atomic E-state index is 5.38. The molecule has 0 saturated carbocycles. The highest BCUT2D eigenvalue weighted by molar-refractivity contribution is 5.80. The van der Waals surface area contributed by atoms with Crippen molar-refractivity contribution in [2.75, 3.05) is 13.8 Å². The van der Waals surface area contributed by atoms with E-state index in [9.17, 15) is 0 Å². The first-order valence-electron chi connectivity index (χ1n) is 6.86. The summed E-state index contributed by atoms with van der Waals surface area (Å²) in [5.74, 6) is 2.46. The van der Waals surface area contributed by atoms with Gasteiger partial charge in [-0.15, -0.1) is 0 Å². The van der Waals surface area contributed by atoms with Gasteiger partial charge in [-0.2, -0.15) is 0 Å². The van der Waals surface area contributed by atoms with Gasteiger partial charge in [-0.3, -0.25) is 4.99 Å². The minimum atomic E-state index is 0.310. The van der Waals surface area contributed by atoms with Gasteiger partial charge in [0.15, 0.2) is 17.5 Å². The molecule has 20 heavy (non-hydrogen) atoms. The molecule has 5 heteroatoms. The van der Waals surface area contributed by atoms with Gasteiger partial charge in [-0.05, 0) is 30.5 Å². The first-order chi connectivity index (χ1) is 9.85. The van der Waals surface area contributed by atoms with Crippen LogP contribution in [-0.4, -0.2) is 25.8 Å². The van der Waals surface area contributed by atoms with E-state index >= 15 is 0 Å². The lowest BCUT2D eigenvalue weighted by Crippen LogP contribution is -2.42. The van der Waals surface area contributed by atoms with E-state index in [2.05, 4.69) is 27.8 Å². The molecule has 2 aliphatic rings. The maximum absolute atomic E-state index is 5.38. The number of fused-ring (bicyclic) bond motifs is 1. The van der Waals surface area contributed by atoms with Crippen LogP contribution in [0.25, 0.3) is 0 Å². The third kappa shape index (κ3) is 2.87. The Kier molecular flexibility index (Phi) is 3.76. The van der Waals surface area contributed by atoms with E-state index in [1.54, 1.807) is 7.05 Å². The summed E-state index contributed by atoms with van der Waals surface area (Å²) < 4.78 is 10.7. The van der Waals surface area contributed by atoms with Gasteiger partial charge in [0.2, 0.25) is 6.79 Å². The lowest BCUT2D eigenvalue weighted by Gasteiger charge is -2.17. The molecule has 1 aromatic carbocycles. The average molecular weight is 273 g/mol. The number of aliphatic imine (C=N–C) groups is 1. The standard InChI is InChI=1S/C15H19N3O2/c1-16-15(18-12-4-2-3-5-12)17-9-11-6-7-13-14(8-11)20-10-19-13/h2-3,6-8,12H,4-5,9-10H2,1H3,(H2,16,17,18). The highest BCUT2D eigenvalue weighted by Gasteiger charge is 2.14. The molecule has 1 aliphatic heterocycles. The van der Waals surface area contributed by atoms with Gasteiger partial charge < -0.3 is 20.1 Å². The van der Waals surface area contributed by atoms with E-state index in [0.29, 0.717) is 19.4 Å². The number of hydrogen-bond donors (Lipinski definition) is 2. The van der Waals surface area contributed by atoms with Crippen molar-refractivity contribution >= 4 is 5.96 Å². The van der Waals surface area contributed by atoms with Crippen LogP contribution in [0, 0.1) is 0 Å². The molecule has 1 heterocycles. The van der Waals surface area contributed by atoms with Gasteiger partial charge in [0.25, 0.3) is 0 Å². The summed E-state index contributed by atoms with van der Waals surface area (Å²) in [7, 11) is 1.79. The molecule has 0 spiro atoms. The van der Waals surface area contributed by atoms with Gasteiger partial charge in [0, 0.05) is 19.6 Å². The topological polar surface area (TPSA) is 54.9 Å². The number of benzene rings is 1. The second-order valence-electron chi connectivity index (χ2n) is 4.90. The second kappa shape index (κ2) is 5.86. The van der Waals surface area contributed by atoms with Crippen molar-refractivity contribution in [2.24, 2.45) is 4.99 Å². The molecule has 0 saturated heterocycles. The SMILES string of the molecule is CN=C(NCc1ccc2c(c1)OCO2)NC1CC=CC1. The fraction of sp³-hybridized carbons (Fsp3) is 0.400. The molecular weight excluding hydrogens is 254 g/mol. The summed E-state index contributed by atoms with van der Waals surface area (Å²) in [5, 5.41) is 6.73. The van der Waals surface area contributed by atoms with Gasteiger partial charge in [-0.25, -0.2) is 0 Å². The maximum Gasteiger partial charge on any atom is 0.231 e. The molecule has 0 radical (unpaired) electrons. The zero-order valence-corrected chi connectivity index (χ0v) is 11.6. The van der Waals surface area contributed by atoms with E-state index in [0.717, 1.165) is 35.9 Å². The van der Waals surface area contributed by atoms with Crippen LogP contribution in [0.4, 0.5) is 0 Å². The molecular formula is C15H19N3O2. The number of ether oxygens (including phenoxy) is 2. The minimum Gasteiger partial charge on any atom is -0.454 e. The predicted molar refractivity (Wildman–Crippen MR) is 78.1 cm³/mol. The average Bonchev–Trinajstić information content (AvgIpc) is 3.13. The summed E-state index contributed by atoms with van der Waals surface area (Å²) in [4.78, 5) is 4.25. The lowest BCUT2D eigenvalue weighted by atomic mass is 10.2.